The van der Waals surface area contributed by atoms with Gasteiger partial charge in [0, 0.05) is 57.5 Å². The number of aryl methyl sites for hydroxylation is 1. The van der Waals surface area contributed by atoms with E-state index in [-0.39, 0.29) is 5.91 Å². The van der Waals surface area contributed by atoms with Crippen molar-refractivity contribution < 1.29 is 4.79 Å². The molecule has 1 aliphatic heterocycles. The highest BCUT2D eigenvalue weighted by Crippen LogP contribution is 2.32. The Bertz CT molecular complexity index is 880. The third kappa shape index (κ3) is 3.61. The second-order valence-corrected chi connectivity index (χ2v) is 6.93. The topological polar surface area (TPSA) is 80.9 Å². The number of aromatic nitrogens is 5. The van der Waals surface area contributed by atoms with E-state index in [1.807, 2.05) is 48.4 Å². The molecule has 0 aromatic carbocycles. The molecule has 0 unspecified atom stereocenters. The van der Waals surface area contributed by atoms with Gasteiger partial charge in [0.05, 0.1) is 12.0 Å². The Kier molecular flexibility index (Phi) is 4.72. The standard InChI is InChI=1S/C19H23N7O/c1-24-10-5-17(23-24)22-18(27)19(26-13-9-20-15-26)6-11-25(12-7-19)14-16-4-2-3-8-21-16/h2-5,8-10,13,15H,6-7,11-12,14H2,1H3,(H,22,23,27). The van der Waals surface area contributed by atoms with E-state index in [9.17, 15) is 4.79 Å². The summed E-state index contributed by atoms with van der Waals surface area (Å²) in [7, 11) is 1.83. The molecule has 1 aliphatic rings. The minimum Gasteiger partial charge on any atom is -0.322 e. The van der Waals surface area contributed by atoms with Gasteiger partial charge in [-0.05, 0) is 25.0 Å². The third-order valence-corrected chi connectivity index (χ3v) is 5.17. The lowest BCUT2D eigenvalue weighted by molar-refractivity contribution is -0.127. The van der Waals surface area contributed by atoms with Crippen LogP contribution in [0.4, 0.5) is 5.82 Å². The predicted molar refractivity (Wildman–Crippen MR) is 101 cm³/mol. The summed E-state index contributed by atoms with van der Waals surface area (Å²) in [5.74, 6) is 0.523. The summed E-state index contributed by atoms with van der Waals surface area (Å²) in [5, 5.41) is 7.25. The first-order valence-corrected chi connectivity index (χ1v) is 9.07. The van der Waals surface area contributed by atoms with Crippen molar-refractivity contribution in [3.8, 4) is 0 Å². The van der Waals surface area contributed by atoms with Crippen LogP contribution in [0.1, 0.15) is 18.5 Å². The van der Waals surface area contributed by atoms with Crippen LogP contribution < -0.4 is 5.32 Å². The van der Waals surface area contributed by atoms with Gasteiger partial charge in [-0.2, -0.15) is 5.10 Å². The Morgan fingerprint density at radius 2 is 2.04 bits per heavy atom. The van der Waals surface area contributed by atoms with Gasteiger partial charge in [0.1, 0.15) is 5.54 Å². The summed E-state index contributed by atoms with van der Waals surface area (Å²) < 4.78 is 3.61. The van der Waals surface area contributed by atoms with Crippen molar-refractivity contribution in [1.82, 2.24) is 29.2 Å². The first-order chi connectivity index (χ1) is 13.2. The Morgan fingerprint density at radius 1 is 1.19 bits per heavy atom. The van der Waals surface area contributed by atoms with Crippen LogP contribution in [-0.4, -0.2) is 48.2 Å². The fraction of sp³-hybridized carbons (Fsp3) is 0.368. The molecule has 8 heteroatoms. The van der Waals surface area contributed by atoms with Crippen LogP contribution in [0.5, 0.6) is 0 Å². The number of hydrogen-bond donors (Lipinski definition) is 1. The number of nitrogens with zero attached hydrogens (tertiary/aromatic N) is 6. The zero-order valence-corrected chi connectivity index (χ0v) is 15.3. The number of imidazole rings is 1. The number of piperidine rings is 1. The normalized spacial score (nSPS) is 16.9. The highest BCUT2D eigenvalue weighted by molar-refractivity contribution is 5.96. The lowest BCUT2D eigenvalue weighted by Gasteiger charge is -2.41. The highest BCUT2D eigenvalue weighted by atomic mass is 16.2. The zero-order chi connectivity index (χ0) is 18.7. The van der Waals surface area contributed by atoms with E-state index < -0.39 is 5.54 Å². The molecule has 0 atom stereocenters. The van der Waals surface area contributed by atoms with Crippen LogP contribution in [0.25, 0.3) is 0 Å². The van der Waals surface area contributed by atoms with Crippen LogP contribution >= 0.6 is 0 Å². The van der Waals surface area contributed by atoms with Gasteiger partial charge < -0.3 is 9.88 Å². The summed E-state index contributed by atoms with van der Waals surface area (Å²) in [6, 6.07) is 7.76. The Hall–Kier alpha value is -3.00. The molecule has 0 radical (unpaired) electrons. The maximum atomic E-state index is 13.2. The monoisotopic (exact) mass is 365 g/mol. The molecule has 4 heterocycles. The number of amides is 1. The number of carbonyl (C=O) groups is 1. The lowest BCUT2D eigenvalue weighted by atomic mass is 9.86. The van der Waals surface area contributed by atoms with Crippen molar-refractivity contribution in [1.29, 1.82) is 0 Å². The molecule has 3 aromatic rings. The van der Waals surface area contributed by atoms with Crippen LogP contribution in [0.3, 0.4) is 0 Å². The van der Waals surface area contributed by atoms with E-state index in [1.165, 1.54) is 0 Å². The van der Waals surface area contributed by atoms with Gasteiger partial charge in [0.15, 0.2) is 5.82 Å². The fourth-order valence-corrected chi connectivity index (χ4v) is 3.63. The maximum absolute atomic E-state index is 13.2. The van der Waals surface area contributed by atoms with Gasteiger partial charge in [0.25, 0.3) is 5.91 Å². The van der Waals surface area contributed by atoms with E-state index in [0.717, 1.165) is 25.3 Å². The number of rotatable bonds is 5. The molecule has 4 rings (SSSR count). The van der Waals surface area contributed by atoms with Gasteiger partial charge in [-0.3, -0.25) is 19.4 Å². The molecule has 0 aliphatic carbocycles. The quantitative estimate of drug-likeness (QED) is 0.743. The van der Waals surface area contributed by atoms with E-state index in [4.69, 9.17) is 0 Å². The number of pyridine rings is 1. The molecule has 3 aromatic heterocycles. The van der Waals surface area contributed by atoms with Crippen molar-refractivity contribution in [2.24, 2.45) is 7.05 Å². The second kappa shape index (κ2) is 7.32. The van der Waals surface area contributed by atoms with Gasteiger partial charge >= 0.3 is 0 Å². The average Bonchev–Trinajstić information content (AvgIpc) is 3.36. The number of anilines is 1. The van der Waals surface area contributed by atoms with Gasteiger partial charge in [-0.1, -0.05) is 6.07 Å². The van der Waals surface area contributed by atoms with E-state index in [2.05, 4.69) is 25.3 Å². The van der Waals surface area contributed by atoms with Crippen molar-refractivity contribution in [3.05, 3.63) is 61.1 Å². The molecule has 0 saturated carbocycles. The van der Waals surface area contributed by atoms with Gasteiger partial charge in [0.2, 0.25) is 0 Å². The maximum Gasteiger partial charge on any atom is 0.251 e. The molecule has 27 heavy (non-hydrogen) atoms. The first kappa shape index (κ1) is 17.4. The highest BCUT2D eigenvalue weighted by Gasteiger charge is 2.43. The minimum atomic E-state index is -0.658. The van der Waals surface area contributed by atoms with Crippen molar-refractivity contribution in [2.75, 3.05) is 18.4 Å². The predicted octanol–water partition coefficient (Wildman–Crippen LogP) is 1.64. The molecular weight excluding hydrogens is 342 g/mol. The molecule has 1 fully saturated rings. The molecule has 8 nitrogen and oxygen atoms in total. The van der Waals surface area contributed by atoms with Crippen molar-refractivity contribution >= 4 is 11.7 Å². The van der Waals surface area contributed by atoms with Crippen LogP contribution in [-0.2, 0) is 23.9 Å². The minimum absolute atomic E-state index is 0.0447. The van der Waals surface area contributed by atoms with E-state index in [1.54, 1.807) is 23.3 Å². The largest absolute Gasteiger partial charge is 0.322 e. The summed E-state index contributed by atoms with van der Waals surface area (Å²) in [4.78, 5) is 24.1. The smallest absolute Gasteiger partial charge is 0.251 e. The van der Waals surface area contributed by atoms with E-state index in [0.29, 0.717) is 18.7 Å². The van der Waals surface area contributed by atoms with Crippen LogP contribution in [0, 0.1) is 0 Å². The lowest BCUT2D eigenvalue weighted by Crippen LogP contribution is -2.52. The number of hydrogen-bond acceptors (Lipinski definition) is 5. The second-order valence-electron chi connectivity index (χ2n) is 6.93. The van der Waals surface area contributed by atoms with Crippen LogP contribution in [0.15, 0.2) is 55.4 Å². The molecule has 0 spiro atoms. The summed E-state index contributed by atoms with van der Waals surface area (Å²) in [6.07, 6.45) is 10.4. The van der Waals surface area contributed by atoms with Gasteiger partial charge in [-0.15, -0.1) is 0 Å². The number of carbonyl (C=O) groups excluding carboxylic acids is 1. The Labute approximate surface area is 157 Å². The number of nitrogens with one attached hydrogen (secondary N) is 1. The molecule has 0 bridgehead atoms. The molecule has 140 valence electrons. The summed E-state index contributed by atoms with van der Waals surface area (Å²) >= 11 is 0. The molecule has 1 amide bonds. The Balaban J connectivity index is 1.50. The zero-order valence-electron chi connectivity index (χ0n) is 15.3. The van der Waals surface area contributed by atoms with Crippen molar-refractivity contribution in [3.63, 3.8) is 0 Å². The fourth-order valence-electron chi connectivity index (χ4n) is 3.63. The van der Waals surface area contributed by atoms with Crippen LogP contribution in [0.2, 0.25) is 0 Å². The molecular formula is C19H23N7O. The van der Waals surface area contributed by atoms with E-state index >= 15 is 0 Å². The number of likely N-dealkylation sites (tertiary alicyclic amines) is 1. The third-order valence-electron chi connectivity index (χ3n) is 5.17. The molecule has 1 N–H and O–H groups in total. The first-order valence-electron chi connectivity index (χ1n) is 9.07. The average molecular weight is 365 g/mol. The van der Waals surface area contributed by atoms with Crippen molar-refractivity contribution in [2.45, 2.75) is 24.9 Å². The SMILES string of the molecule is Cn1ccc(NC(=O)C2(n3ccnc3)CCN(Cc3ccccn3)CC2)n1. The summed E-state index contributed by atoms with van der Waals surface area (Å²) in [5.41, 5.74) is 0.389. The Morgan fingerprint density at radius 3 is 2.67 bits per heavy atom. The molecule has 1 saturated heterocycles. The van der Waals surface area contributed by atoms with Gasteiger partial charge in [-0.25, -0.2) is 4.98 Å². The summed E-state index contributed by atoms with van der Waals surface area (Å²) in [6.45, 7) is 2.41.